The van der Waals surface area contributed by atoms with Crippen LogP contribution in [0.3, 0.4) is 0 Å². The first kappa shape index (κ1) is 11.8. The summed E-state index contributed by atoms with van der Waals surface area (Å²) in [5, 5.41) is 1.43. The van der Waals surface area contributed by atoms with Crippen molar-refractivity contribution in [2.24, 2.45) is 0 Å². The van der Waals surface area contributed by atoms with Gasteiger partial charge < -0.3 is 4.74 Å². The number of rotatable bonds is 2. The molecule has 17 heavy (non-hydrogen) atoms. The van der Waals surface area contributed by atoms with Crippen LogP contribution in [0.2, 0.25) is 0 Å². The van der Waals surface area contributed by atoms with Gasteiger partial charge in [0.1, 0.15) is 0 Å². The van der Waals surface area contributed by atoms with Crippen molar-refractivity contribution >= 4 is 39.0 Å². The number of halogens is 1. The number of ether oxygens (including phenoxy) is 1. The number of esters is 1. The number of hydrogen-bond acceptors (Lipinski definition) is 3. The zero-order chi connectivity index (χ0) is 12.4. The molecule has 0 fully saturated rings. The van der Waals surface area contributed by atoms with Crippen molar-refractivity contribution in [3.05, 3.63) is 45.9 Å². The van der Waals surface area contributed by atoms with E-state index in [4.69, 9.17) is 4.74 Å². The van der Waals surface area contributed by atoms with Crippen molar-refractivity contribution in [3.8, 4) is 0 Å². The van der Waals surface area contributed by atoms with E-state index in [9.17, 15) is 9.59 Å². The Bertz CT molecular complexity index is 605. The van der Waals surface area contributed by atoms with Gasteiger partial charge in [0.2, 0.25) is 0 Å². The molecule has 0 atom stereocenters. The Morgan fingerprint density at radius 3 is 2.71 bits per heavy atom. The zero-order valence-electron chi connectivity index (χ0n) is 9.07. The summed E-state index contributed by atoms with van der Waals surface area (Å²) in [5.74, 6) is -0.447. The number of aldehydes is 1. The molecule has 0 radical (unpaired) electrons. The molecule has 4 heteroatoms. The quantitative estimate of drug-likeness (QED) is 0.631. The Hall–Kier alpha value is -1.68. The zero-order valence-corrected chi connectivity index (χ0v) is 10.7. The molecule has 0 saturated heterocycles. The van der Waals surface area contributed by atoms with Gasteiger partial charge in [-0.3, -0.25) is 4.79 Å². The molecule has 0 unspecified atom stereocenters. The number of fused-ring (bicyclic) bond motifs is 1. The molecule has 0 aliphatic carbocycles. The van der Waals surface area contributed by atoms with Gasteiger partial charge in [-0.05, 0) is 23.6 Å². The second-order valence-electron chi connectivity index (χ2n) is 3.47. The van der Waals surface area contributed by atoms with Crippen LogP contribution >= 0.6 is 15.9 Å². The Labute approximate surface area is 107 Å². The molecule has 2 rings (SSSR count). The van der Waals surface area contributed by atoms with Gasteiger partial charge >= 0.3 is 5.97 Å². The smallest absolute Gasteiger partial charge is 0.338 e. The van der Waals surface area contributed by atoms with E-state index >= 15 is 0 Å². The second-order valence-corrected chi connectivity index (χ2v) is 4.33. The van der Waals surface area contributed by atoms with Crippen LogP contribution in [0.15, 0.2) is 34.8 Å². The third kappa shape index (κ3) is 1.96. The van der Waals surface area contributed by atoms with E-state index in [0.717, 1.165) is 16.1 Å². The van der Waals surface area contributed by atoms with E-state index in [0.29, 0.717) is 16.5 Å². The van der Waals surface area contributed by atoms with Crippen LogP contribution in [0, 0.1) is 0 Å². The topological polar surface area (TPSA) is 43.4 Å². The summed E-state index contributed by atoms with van der Waals surface area (Å²) in [6, 6.07) is 8.71. The third-order valence-electron chi connectivity index (χ3n) is 2.55. The average molecular weight is 293 g/mol. The SMILES string of the molecule is COC(=O)c1cccc2c(Br)ccc(C=O)c12. The summed E-state index contributed by atoms with van der Waals surface area (Å²) in [6.45, 7) is 0. The highest BCUT2D eigenvalue weighted by Crippen LogP contribution is 2.29. The highest BCUT2D eigenvalue weighted by Gasteiger charge is 2.14. The summed E-state index contributed by atoms with van der Waals surface area (Å²) >= 11 is 3.40. The predicted molar refractivity (Wildman–Crippen MR) is 68.4 cm³/mol. The third-order valence-corrected chi connectivity index (χ3v) is 3.24. The summed E-state index contributed by atoms with van der Waals surface area (Å²) in [5.41, 5.74) is 0.873. The van der Waals surface area contributed by atoms with Crippen LogP contribution in [0.25, 0.3) is 10.8 Å². The molecular weight excluding hydrogens is 284 g/mol. The van der Waals surface area contributed by atoms with Gasteiger partial charge in [-0.15, -0.1) is 0 Å². The van der Waals surface area contributed by atoms with E-state index in [2.05, 4.69) is 15.9 Å². The summed E-state index contributed by atoms with van der Waals surface area (Å²) in [7, 11) is 1.32. The van der Waals surface area contributed by atoms with Gasteiger partial charge in [0.15, 0.2) is 6.29 Å². The van der Waals surface area contributed by atoms with E-state index in [1.807, 2.05) is 6.07 Å². The minimum absolute atomic E-state index is 0.397. The van der Waals surface area contributed by atoms with E-state index in [1.54, 1.807) is 24.3 Å². The Kier molecular flexibility index (Phi) is 3.24. The first-order chi connectivity index (χ1) is 8.19. The largest absolute Gasteiger partial charge is 0.465 e. The molecule has 0 aliphatic heterocycles. The summed E-state index contributed by atoms with van der Waals surface area (Å²) < 4.78 is 5.55. The van der Waals surface area contributed by atoms with Crippen LogP contribution in [0.4, 0.5) is 0 Å². The lowest BCUT2D eigenvalue weighted by Crippen LogP contribution is -2.03. The van der Waals surface area contributed by atoms with Crippen LogP contribution < -0.4 is 0 Å². The molecule has 0 N–H and O–H groups in total. The van der Waals surface area contributed by atoms with E-state index in [1.165, 1.54) is 7.11 Å². The minimum Gasteiger partial charge on any atom is -0.465 e. The molecule has 0 amide bonds. The summed E-state index contributed by atoms with van der Waals surface area (Å²) in [6.07, 6.45) is 0.737. The maximum Gasteiger partial charge on any atom is 0.338 e. The van der Waals surface area contributed by atoms with Crippen LogP contribution in [-0.2, 0) is 4.74 Å². The monoisotopic (exact) mass is 292 g/mol. The molecule has 0 spiro atoms. The van der Waals surface area contributed by atoms with Crippen LogP contribution in [0.5, 0.6) is 0 Å². The molecule has 2 aromatic rings. The number of carbonyl (C=O) groups excluding carboxylic acids is 2. The van der Waals surface area contributed by atoms with E-state index in [-0.39, 0.29) is 0 Å². The van der Waals surface area contributed by atoms with Crippen molar-refractivity contribution in [1.29, 1.82) is 0 Å². The highest BCUT2D eigenvalue weighted by atomic mass is 79.9. The Morgan fingerprint density at radius 2 is 2.06 bits per heavy atom. The average Bonchev–Trinajstić information content (AvgIpc) is 2.38. The van der Waals surface area contributed by atoms with Crippen molar-refractivity contribution in [3.63, 3.8) is 0 Å². The second kappa shape index (κ2) is 4.67. The fraction of sp³-hybridized carbons (Fsp3) is 0.0769. The van der Waals surface area contributed by atoms with Crippen molar-refractivity contribution in [2.75, 3.05) is 7.11 Å². The standard InChI is InChI=1S/C13H9BrO3/c1-17-13(16)10-4-2-3-9-11(14)6-5-8(7-15)12(9)10/h2-7H,1H3. The molecule has 0 heterocycles. The number of hydrogen-bond donors (Lipinski definition) is 0. The molecule has 86 valence electrons. The van der Waals surface area contributed by atoms with Crippen molar-refractivity contribution < 1.29 is 14.3 Å². The predicted octanol–water partition coefficient (Wildman–Crippen LogP) is 3.20. The van der Waals surface area contributed by atoms with E-state index < -0.39 is 5.97 Å². The van der Waals surface area contributed by atoms with Crippen molar-refractivity contribution in [1.82, 2.24) is 0 Å². The summed E-state index contributed by atoms with van der Waals surface area (Å²) in [4.78, 5) is 22.7. The fourth-order valence-corrected chi connectivity index (χ4v) is 2.24. The minimum atomic E-state index is -0.447. The van der Waals surface area contributed by atoms with Gasteiger partial charge in [-0.2, -0.15) is 0 Å². The molecule has 0 aliphatic rings. The normalized spacial score (nSPS) is 10.2. The first-order valence-electron chi connectivity index (χ1n) is 4.93. The maximum absolute atomic E-state index is 11.7. The molecule has 3 nitrogen and oxygen atoms in total. The number of benzene rings is 2. The Balaban J connectivity index is 2.90. The van der Waals surface area contributed by atoms with Crippen LogP contribution in [0.1, 0.15) is 20.7 Å². The highest BCUT2D eigenvalue weighted by molar-refractivity contribution is 9.10. The fourth-order valence-electron chi connectivity index (χ4n) is 1.78. The molecule has 0 bridgehead atoms. The van der Waals surface area contributed by atoms with Gasteiger partial charge in [0.05, 0.1) is 12.7 Å². The lowest BCUT2D eigenvalue weighted by atomic mass is 10.00. The lowest BCUT2D eigenvalue weighted by molar-refractivity contribution is 0.0603. The van der Waals surface area contributed by atoms with Gasteiger partial charge in [-0.25, -0.2) is 4.79 Å². The van der Waals surface area contributed by atoms with Gasteiger partial charge in [0, 0.05) is 15.4 Å². The number of methoxy groups -OCH3 is 1. The molecule has 0 aromatic heterocycles. The number of carbonyl (C=O) groups is 2. The molecule has 2 aromatic carbocycles. The maximum atomic E-state index is 11.7. The lowest BCUT2D eigenvalue weighted by Gasteiger charge is -2.08. The molecule has 0 saturated carbocycles. The first-order valence-corrected chi connectivity index (χ1v) is 5.73. The Morgan fingerprint density at radius 1 is 1.29 bits per heavy atom. The molecular formula is C13H9BrO3. The van der Waals surface area contributed by atoms with Crippen molar-refractivity contribution in [2.45, 2.75) is 0 Å². The van der Waals surface area contributed by atoms with Crippen LogP contribution in [-0.4, -0.2) is 19.4 Å². The van der Waals surface area contributed by atoms with Gasteiger partial charge in [-0.1, -0.05) is 28.1 Å². The van der Waals surface area contributed by atoms with Gasteiger partial charge in [0.25, 0.3) is 0 Å².